The predicted octanol–water partition coefficient (Wildman–Crippen LogP) is 1.07. The number of nitrogens with one attached hydrogen (secondary N) is 1. The minimum Gasteiger partial charge on any atom is -0.495 e. The van der Waals surface area contributed by atoms with Crippen LogP contribution in [0.4, 0.5) is 0 Å². The van der Waals surface area contributed by atoms with Crippen molar-refractivity contribution in [1.29, 1.82) is 0 Å². The second-order valence-electron chi connectivity index (χ2n) is 4.15. The molecule has 0 saturated heterocycles. The van der Waals surface area contributed by atoms with Crippen LogP contribution >= 0.6 is 0 Å². The smallest absolute Gasteiger partial charge is 0.304 e. The lowest BCUT2D eigenvalue weighted by Gasteiger charge is -2.13. The highest BCUT2D eigenvalue weighted by atomic mass is 32.2. The van der Waals surface area contributed by atoms with E-state index in [-0.39, 0.29) is 23.6 Å². The number of carbonyl (C=O) groups is 1. The highest BCUT2D eigenvalue weighted by molar-refractivity contribution is 7.89. The Morgan fingerprint density at radius 1 is 1.37 bits per heavy atom. The van der Waals surface area contributed by atoms with E-state index in [9.17, 15) is 13.2 Å². The van der Waals surface area contributed by atoms with Gasteiger partial charge in [0.05, 0.1) is 13.5 Å². The Kier molecular flexibility index (Phi) is 4.90. The number of carboxylic acids is 1. The lowest BCUT2D eigenvalue weighted by Crippen LogP contribution is -2.27. The minimum atomic E-state index is -3.78. The Bertz CT molecular complexity index is 580. The Morgan fingerprint density at radius 3 is 2.53 bits per heavy atom. The maximum atomic E-state index is 12.1. The SMILES string of the molecule is COc1cc(C)cc(C)c1S(=O)(=O)NCCC(=O)O. The fourth-order valence-corrected chi connectivity index (χ4v) is 3.18. The number of benzene rings is 1. The monoisotopic (exact) mass is 287 g/mol. The van der Waals surface area contributed by atoms with Crippen molar-refractivity contribution in [3.63, 3.8) is 0 Å². The van der Waals surface area contributed by atoms with Gasteiger partial charge in [-0.15, -0.1) is 0 Å². The lowest BCUT2D eigenvalue weighted by atomic mass is 10.1. The van der Waals surface area contributed by atoms with Crippen LogP contribution in [0.5, 0.6) is 5.75 Å². The summed E-state index contributed by atoms with van der Waals surface area (Å²) >= 11 is 0. The van der Waals surface area contributed by atoms with Crippen LogP contribution in [-0.2, 0) is 14.8 Å². The molecule has 0 amide bonds. The molecule has 6 nitrogen and oxygen atoms in total. The zero-order chi connectivity index (χ0) is 14.6. The Morgan fingerprint density at radius 2 is 2.00 bits per heavy atom. The van der Waals surface area contributed by atoms with Gasteiger partial charge in [-0.25, -0.2) is 13.1 Å². The van der Waals surface area contributed by atoms with E-state index < -0.39 is 16.0 Å². The zero-order valence-electron chi connectivity index (χ0n) is 11.1. The van der Waals surface area contributed by atoms with Gasteiger partial charge >= 0.3 is 5.97 Å². The van der Waals surface area contributed by atoms with Crippen molar-refractivity contribution in [2.24, 2.45) is 0 Å². The summed E-state index contributed by atoms with van der Waals surface area (Å²) in [7, 11) is -2.39. The quantitative estimate of drug-likeness (QED) is 0.816. The summed E-state index contributed by atoms with van der Waals surface area (Å²) in [5.74, 6) is -0.810. The molecule has 0 spiro atoms. The second-order valence-corrected chi connectivity index (χ2v) is 5.86. The maximum Gasteiger partial charge on any atom is 0.304 e. The third-order valence-corrected chi connectivity index (χ3v) is 4.15. The van der Waals surface area contributed by atoms with Crippen LogP contribution in [0.2, 0.25) is 0 Å². The van der Waals surface area contributed by atoms with Crippen LogP contribution in [0, 0.1) is 13.8 Å². The van der Waals surface area contributed by atoms with Gasteiger partial charge in [0, 0.05) is 6.54 Å². The molecule has 0 atom stereocenters. The first-order valence-electron chi connectivity index (χ1n) is 5.64. The maximum absolute atomic E-state index is 12.1. The molecule has 106 valence electrons. The van der Waals surface area contributed by atoms with Gasteiger partial charge in [-0.2, -0.15) is 0 Å². The van der Waals surface area contributed by atoms with Crippen molar-refractivity contribution in [3.05, 3.63) is 23.3 Å². The molecule has 0 saturated carbocycles. The van der Waals surface area contributed by atoms with Crippen LogP contribution in [0.3, 0.4) is 0 Å². The molecule has 1 aromatic carbocycles. The number of rotatable bonds is 6. The van der Waals surface area contributed by atoms with Gasteiger partial charge in [-0.05, 0) is 31.0 Å². The summed E-state index contributed by atoms with van der Waals surface area (Å²) < 4.78 is 31.6. The van der Waals surface area contributed by atoms with Gasteiger partial charge in [-0.1, -0.05) is 6.07 Å². The van der Waals surface area contributed by atoms with E-state index in [0.29, 0.717) is 5.56 Å². The first-order valence-corrected chi connectivity index (χ1v) is 7.13. The standard InChI is InChI=1S/C12H17NO5S/c1-8-6-9(2)12(10(7-8)18-3)19(16,17)13-5-4-11(14)15/h6-7,13H,4-5H2,1-3H3,(H,14,15). The average Bonchev–Trinajstić information content (AvgIpc) is 2.26. The molecule has 2 N–H and O–H groups in total. The molecular formula is C12H17NO5S. The zero-order valence-corrected chi connectivity index (χ0v) is 11.9. The number of hydrogen-bond donors (Lipinski definition) is 2. The summed E-state index contributed by atoms with van der Waals surface area (Å²) in [5.41, 5.74) is 1.44. The van der Waals surface area contributed by atoms with Crippen LogP contribution in [0.1, 0.15) is 17.5 Å². The Hall–Kier alpha value is -1.60. The highest BCUT2D eigenvalue weighted by Crippen LogP contribution is 2.28. The van der Waals surface area contributed by atoms with Gasteiger partial charge in [0.2, 0.25) is 10.0 Å². The summed E-state index contributed by atoms with van der Waals surface area (Å²) in [6, 6.07) is 3.35. The van der Waals surface area contributed by atoms with E-state index in [0.717, 1.165) is 5.56 Å². The number of methoxy groups -OCH3 is 1. The van der Waals surface area contributed by atoms with Gasteiger partial charge in [-0.3, -0.25) is 4.79 Å². The highest BCUT2D eigenvalue weighted by Gasteiger charge is 2.22. The van der Waals surface area contributed by atoms with Crippen molar-refractivity contribution in [2.75, 3.05) is 13.7 Å². The number of ether oxygens (including phenoxy) is 1. The van der Waals surface area contributed by atoms with Gasteiger partial charge in [0.15, 0.2) is 0 Å². The van der Waals surface area contributed by atoms with Crippen LogP contribution < -0.4 is 9.46 Å². The molecule has 19 heavy (non-hydrogen) atoms. The molecule has 1 rings (SSSR count). The van der Waals surface area contributed by atoms with Gasteiger partial charge < -0.3 is 9.84 Å². The third-order valence-electron chi connectivity index (χ3n) is 2.50. The molecule has 0 heterocycles. The number of carboxylic acid groups (broad SMARTS) is 1. The molecule has 7 heteroatoms. The molecule has 0 bridgehead atoms. The van der Waals surface area contributed by atoms with Crippen molar-refractivity contribution >= 4 is 16.0 Å². The number of hydrogen-bond acceptors (Lipinski definition) is 4. The summed E-state index contributed by atoms with van der Waals surface area (Å²) in [4.78, 5) is 10.4. The third kappa shape index (κ3) is 3.93. The topological polar surface area (TPSA) is 92.7 Å². The van der Waals surface area contributed by atoms with Gasteiger partial charge in [0.1, 0.15) is 10.6 Å². The molecule has 0 unspecified atom stereocenters. The van der Waals surface area contributed by atoms with Crippen molar-refractivity contribution < 1.29 is 23.1 Å². The first-order chi connectivity index (χ1) is 8.77. The van der Waals surface area contributed by atoms with E-state index in [2.05, 4.69) is 4.72 Å². The summed E-state index contributed by atoms with van der Waals surface area (Å²) in [6.45, 7) is 3.35. The van der Waals surface area contributed by atoms with Crippen LogP contribution in [-0.4, -0.2) is 33.1 Å². The first kappa shape index (κ1) is 15.5. The number of aryl methyl sites for hydroxylation is 2. The van der Waals surface area contributed by atoms with E-state index >= 15 is 0 Å². The van der Waals surface area contributed by atoms with E-state index in [4.69, 9.17) is 9.84 Å². The van der Waals surface area contributed by atoms with E-state index in [1.165, 1.54) is 7.11 Å². The fourth-order valence-electron chi connectivity index (χ4n) is 1.78. The predicted molar refractivity (Wildman–Crippen MR) is 69.9 cm³/mol. The molecular weight excluding hydrogens is 270 g/mol. The van der Waals surface area contributed by atoms with Crippen LogP contribution in [0.25, 0.3) is 0 Å². The average molecular weight is 287 g/mol. The fraction of sp³-hybridized carbons (Fsp3) is 0.417. The minimum absolute atomic E-state index is 0.0472. The molecule has 0 aliphatic heterocycles. The molecule has 0 aromatic heterocycles. The molecule has 0 aliphatic rings. The second kappa shape index (κ2) is 6.03. The van der Waals surface area contributed by atoms with E-state index in [1.807, 2.05) is 6.92 Å². The lowest BCUT2D eigenvalue weighted by molar-refractivity contribution is -0.136. The van der Waals surface area contributed by atoms with Crippen molar-refractivity contribution in [2.45, 2.75) is 25.2 Å². The summed E-state index contributed by atoms with van der Waals surface area (Å²) in [6.07, 6.45) is -0.271. The normalized spacial score (nSPS) is 11.3. The Labute approximate surface area is 112 Å². The largest absolute Gasteiger partial charge is 0.495 e. The van der Waals surface area contributed by atoms with Crippen molar-refractivity contribution in [3.8, 4) is 5.75 Å². The number of aliphatic carboxylic acids is 1. The van der Waals surface area contributed by atoms with E-state index in [1.54, 1.807) is 19.1 Å². The molecule has 1 aromatic rings. The van der Waals surface area contributed by atoms with Gasteiger partial charge in [0.25, 0.3) is 0 Å². The molecule has 0 fully saturated rings. The Balaban J connectivity index is 3.10. The molecule has 0 aliphatic carbocycles. The molecule has 0 radical (unpaired) electrons. The van der Waals surface area contributed by atoms with Crippen molar-refractivity contribution in [1.82, 2.24) is 4.72 Å². The van der Waals surface area contributed by atoms with Crippen LogP contribution in [0.15, 0.2) is 17.0 Å². The summed E-state index contributed by atoms with van der Waals surface area (Å²) in [5, 5.41) is 8.51. The number of sulfonamides is 1.